The van der Waals surface area contributed by atoms with Gasteiger partial charge in [0.15, 0.2) is 0 Å². The molecule has 4 heteroatoms. The van der Waals surface area contributed by atoms with Gasteiger partial charge in [0.05, 0.1) is 0 Å². The third kappa shape index (κ3) is 2.87. The molecule has 0 aromatic heterocycles. The first-order valence-corrected chi connectivity index (χ1v) is 6.76. The molecule has 0 spiro atoms. The first-order valence-electron chi connectivity index (χ1n) is 6.01. The quantitative estimate of drug-likeness (QED) is 0.895. The van der Waals surface area contributed by atoms with Gasteiger partial charge in [-0.1, -0.05) is 23.2 Å². The molecule has 0 fully saturated rings. The third-order valence-corrected chi connectivity index (χ3v) is 4.04. The maximum absolute atomic E-state index is 6.31. The van der Waals surface area contributed by atoms with E-state index < -0.39 is 0 Å². The summed E-state index contributed by atoms with van der Waals surface area (Å²) in [6, 6.07) is 3.84. The summed E-state index contributed by atoms with van der Waals surface area (Å²) in [5.74, 6) is 0.627. The smallest absolute Gasteiger partial charge is 0.0473 e. The maximum Gasteiger partial charge on any atom is 0.0473 e. The van der Waals surface area contributed by atoms with Crippen LogP contribution in [0.1, 0.15) is 18.4 Å². The standard InChI is InChI=1S/C13H18Cl2N2/c1-17-5-3-9(2-4-16)6-11-12(15)7-10(14)8-13(11)17/h7-9H,2-6,16H2,1H3. The van der Waals surface area contributed by atoms with Crippen LogP contribution in [0.25, 0.3) is 0 Å². The van der Waals surface area contributed by atoms with E-state index in [1.54, 1.807) is 0 Å². The molecule has 2 N–H and O–H groups in total. The number of nitrogens with zero attached hydrogens (tertiary/aromatic N) is 1. The number of halogens is 2. The molecule has 94 valence electrons. The monoisotopic (exact) mass is 272 g/mol. The molecule has 0 aliphatic carbocycles. The summed E-state index contributed by atoms with van der Waals surface area (Å²) in [7, 11) is 2.09. The third-order valence-electron chi connectivity index (χ3n) is 3.49. The van der Waals surface area contributed by atoms with Crippen LogP contribution < -0.4 is 10.6 Å². The van der Waals surface area contributed by atoms with Crippen LogP contribution in [0, 0.1) is 5.92 Å². The van der Waals surface area contributed by atoms with Crippen molar-refractivity contribution in [2.45, 2.75) is 19.3 Å². The van der Waals surface area contributed by atoms with Gasteiger partial charge in [-0.3, -0.25) is 0 Å². The van der Waals surface area contributed by atoms with E-state index in [0.717, 1.165) is 37.4 Å². The number of anilines is 1. The first kappa shape index (κ1) is 13.0. The average Bonchev–Trinajstić information content (AvgIpc) is 2.42. The Morgan fingerprint density at radius 1 is 1.41 bits per heavy atom. The minimum absolute atomic E-state index is 0.627. The van der Waals surface area contributed by atoms with Gasteiger partial charge in [0, 0.05) is 29.3 Å². The van der Waals surface area contributed by atoms with E-state index >= 15 is 0 Å². The molecule has 1 aliphatic heterocycles. The molecule has 0 bridgehead atoms. The van der Waals surface area contributed by atoms with Crippen molar-refractivity contribution >= 4 is 28.9 Å². The second-order valence-corrected chi connectivity index (χ2v) is 5.59. The highest BCUT2D eigenvalue weighted by Gasteiger charge is 2.21. The lowest BCUT2D eigenvalue weighted by Crippen LogP contribution is -2.19. The number of hydrogen-bond acceptors (Lipinski definition) is 2. The van der Waals surface area contributed by atoms with Crippen LogP contribution in [-0.4, -0.2) is 20.1 Å². The summed E-state index contributed by atoms with van der Waals surface area (Å²) < 4.78 is 0. The van der Waals surface area contributed by atoms with Crippen molar-refractivity contribution in [2.24, 2.45) is 11.7 Å². The Labute approximate surface area is 113 Å². The Balaban J connectivity index is 2.37. The Bertz CT molecular complexity index is 407. The fourth-order valence-corrected chi connectivity index (χ4v) is 3.06. The molecule has 1 unspecified atom stereocenters. The normalized spacial score (nSPS) is 20.0. The molecule has 1 aliphatic rings. The van der Waals surface area contributed by atoms with Gasteiger partial charge in [0.2, 0.25) is 0 Å². The lowest BCUT2D eigenvalue weighted by Gasteiger charge is -2.20. The zero-order valence-corrected chi connectivity index (χ0v) is 11.6. The van der Waals surface area contributed by atoms with Crippen molar-refractivity contribution in [1.29, 1.82) is 0 Å². The van der Waals surface area contributed by atoms with Crippen LogP contribution in [-0.2, 0) is 6.42 Å². The molecule has 0 saturated heterocycles. The molecule has 1 aromatic carbocycles. The van der Waals surface area contributed by atoms with E-state index in [2.05, 4.69) is 11.9 Å². The highest BCUT2D eigenvalue weighted by molar-refractivity contribution is 6.35. The molecule has 2 rings (SSSR count). The lowest BCUT2D eigenvalue weighted by atomic mass is 9.94. The largest absolute Gasteiger partial charge is 0.374 e. The number of fused-ring (bicyclic) bond motifs is 1. The van der Waals surface area contributed by atoms with Gasteiger partial charge in [-0.2, -0.15) is 0 Å². The molecule has 0 amide bonds. The zero-order chi connectivity index (χ0) is 12.4. The molecule has 0 radical (unpaired) electrons. The summed E-state index contributed by atoms with van der Waals surface area (Å²) in [6.07, 6.45) is 3.23. The van der Waals surface area contributed by atoms with Gasteiger partial charge in [-0.15, -0.1) is 0 Å². The molecule has 1 atom stereocenters. The van der Waals surface area contributed by atoms with Gasteiger partial charge >= 0.3 is 0 Å². The maximum atomic E-state index is 6.31. The summed E-state index contributed by atoms with van der Waals surface area (Å²) in [5.41, 5.74) is 8.05. The van der Waals surface area contributed by atoms with Crippen LogP contribution in [0.2, 0.25) is 10.0 Å². The Kier molecular flexibility index (Phi) is 4.18. The van der Waals surface area contributed by atoms with E-state index in [9.17, 15) is 0 Å². The fraction of sp³-hybridized carbons (Fsp3) is 0.538. The van der Waals surface area contributed by atoms with Crippen molar-refractivity contribution in [2.75, 3.05) is 25.0 Å². The summed E-state index contributed by atoms with van der Waals surface area (Å²) >= 11 is 12.4. The second kappa shape index (κ2) is 5.47. The van der Waals surface area contributed by atoms with Crippen molar-refractivity contribution in [3.8, 4) is 0 Å². The highest BCUT2D eigenvalue weighted by Crippen LogP contribution is 2.36. The minimum Gasteiger partial charge on any atom is -0.374 e. The Hall–Kier alpha value is -0.440. The van der Waals surface area contributed by atoms with E-state index in [0.29, 0.717) is 10.9 Å². The van der Waals surface area contributed by atoms with Crippen molar-refractivity contribution in [3.63, 3.8) is 0 Å². The van der Waals surface area contributed by atoms with Gasteiger partial charge < -0.3 is 10.6 Å². The van der Waals surface area contributed by atoms with Crippen LogP contribution in [0.15, 0.2) is 12.1 Å². The predicted octanol–water partition coefficient (Wildman–Crippen LogP) is 3.34. The first-order chi connectivity index (χ1) is 8.11. The Morgan fingerprint density at radius 2 is 2.18 bits per heavy atom. The van der Waals surface area contributed by atoms with Crippen LogP contribution in [0.4, 0.5) is 5.69 Å². The van der Waals surface area contributed by atoms with Crippen molar-refractivity contribution in [3.05, 3.63) is 27.7 Å². The summed E-state index contributed by atoms with van der Waals surface area (Å²) in [5, 5.41) is 1.49. The summed E-state index contributed by atoms with van der Waals surface area (Å²) in [6.45, 7) is 1.78. The second-order valence-electron chi connectivity index (χ2n) is 4.74. The predicted molar refractivity (Wildman–Crippen MR) is 75.2 cm³/mol. The van der Waals surface area contributed by atoms with Gasteiger partial charge in [0.25, 0.3) is 0 Å². The van der Waals surface area contributed by atoms with E-state index in [-0.39, 0.29) is 0 Å². The minimum atomic E-state index is 0.627. The zero-order valence-electron chi connectivity index (χ0n) is 10.0. The van der Waals surface area contributed by atoms with E-state index in [1.165, 1.54) is 11.3 Å². The topological polar surface area (TPSA) is 29.3 Å². The number of hydrogen-bond donors (Lipinski definition) is 1. The number of rotatable bonds is 2. The lowest BCUT2D eigenvalue weighted by molar-refractivity contribution is 0.467. The average molecular weight is 273 g/mol. The highest BCUT2D eigenvalue weighted by atomic mass is 35.5. The van der Waals surface area contributed by atoms with Gasteiger partial charge in [-0.25, -0.2) is 0 Å². The molecular formula is C13H18Cl2N2. The molecule has 0 saturated carbocycles. The van der Waals surface area contributed by atoms with Gasteiger partial charge in [0.1, 0.15) is 0 Å². The fourth-order valence-electron chi connectivity index (χ4n) is 2.50. The molecule has 1 aromatic rings. The van der Waals surface area contributed by atoms with Crippen molar-refractivity contribution < 1.29 is 0 Å². The molecule has 17 heavy (non-hydrogen) atoms. The molecule has 1 heterocycles. The van der Waals surface area contributed by atoms with Gasteiger partial charge in [-0.05, 0) is 49.4 Å². The number of nitrogens with two attached hydrogens (primary N) is 1. The van der Waals surface area contributed by atoms with E-state index in [4.69, 9.17) is 28.9 Å². The van der Waals surface area contributed by atoms with Crippen LogP contribution in [0.5, 0.6) is 0 Å². The molecular weight excluding hydrogens is 255 g/mol. The summed E-state index contributed by atoms with van der Waals surface area (Å²) in [4.78, 5) is 2.24. The van der Waals surface area contributed by atoms with Crippen LogP contribution >= 0.6 is 23.2 Å². The van der Waals surface area contributed by atoms with Crippen molar-refractivity contribution in [1.82, 2.24) is 0 Å². The van der Waals surface area contributed by atoms with Crippen LogP contribution in [0.3, 0.4) is 0 Å². The number of benzene rings is 1. The molecule has 2 nitrogen and oxygen atoms in total. The Morgan fingerprint density at radius 3 is 2.88 bits per heavy atom. The van der Waals surface area contributed by atoms with E-state index in [1.807, 2.05) is 12.1 Å². The SMILES string of the molecule is CN1CCC(CCN)Cc2c(Cl)cc(Cl)cc21.